The maximum atomic E-state index is 12.5. The van der Waals surface area contributed by atoms with Crippen LogP contribution in [0.15, 0.2) is 29.2 Å². The van der Waals surface area contributed by atoms with Crippen molar-refractivity contribution in [2.45, 2.75) is 16.5 Å². The Balaban J connectivity index is 2.38. The highest BCUT2D eigenvalue weighted by molar-refractivity contribution is 7.92. The summed E-state index contributed by atoms with van der Waals surface area (Å²) in [7, 11) is -5.38. The fourth-order valence-corrected chi connectivity index (χ4v) is 2.31. The first-order valence-electron chi connectivity index (χ1n) is 5.10. The SMILES string of the molecule is O=S(=O)(c1ccccc1OC1CNC1)C(F)(F)F. The van der Waals surface area contributed by atoms with Gasteiger partial charge in [0.15, 0.2) is 0 Å². The Bertz CT molecular complexity index is 538. The van der Waals surface area contributed by atoms with E-state index in [1.54, 1.807) is 0 Å². The molecule has 1 fully saturated rings. The predicted molar refractivity (Wildman–Crippen MR) is 57.0 cm³/mol. The number of para-hydroxylation sites is 1. The van der Waals surface area contributed by atoms with Crippen molar-refractivity contribution < 1.29 is 26.3 Å². The average Bonchev–Trinajstić information content (AvgIpc) is 2.22. The lowest BCUT2D eigenvalue weighted by molar-refractivity contribution is -0.0438. The fourth-order valence-electron chi connectivity index (χ4n) is 1.42. The molecule has 0 radical (unpaired) electrons. The van der Waals surface area contributed by atoms with Crippen molar-refractivity contribution in [2.75, 3.05) is 13.1 Å². The Morgan fingerprint density at radius 3 is 2.33 bits per heavy atom. The van der Waals surface area contributed by atoms with Gasteiger partial charge in [-0.15, -0.1) is 0 Å². The molecular formula is C10H10F3NO3S. The third kappa shape index (κ3) is 2.30. The molecule has 1 aromatic carbocycles. The summed E-state index contributed by atoms with van der Waals surface area (Å²) in [6, 6.07) is 4.77. The van der Waals surface area contributed by atoms with Gasteiger partial charge in [0, 0.05) is 13.1 Å². The number of alkyl halides is 3. The number of rotatable bonds is 3. The van der Waals surface area contributed by atoms with Gasteiger partial charge in [0.25, 0.3) is 9.84 Å². The summed E-state index contributed by atoms with van der Waals surface area (Å²) < 4.78 is 65.3. The van der Waals surface area contributed by atoms with Gasteiger partial charge in [-0.3, -0.25) is 0 Å². The number of halogens is 3. The topological polar surface area (TPSA) is 55.4 Å². The van der Waals surface area contributed by atoms with E-state index in [0.717, 1.165) is 6.07 Å². The maximum Gasteiger partial charge on any atom is 0.502 e. The molecule has 1 aromatic rings. The van der Waals surface area contributed by atoms with Crippen LogP contribution in [0.2, 0.25) is 0 Å². The zero-order valence-corrected chi connectivity index (χ0v) is 9.88. The first-order chi connectivity index (χ1) is 8.32. The minimum atomic E-state index is -5.38. The number of ether oxygens (including phenoxy) is 1. The molecular weight excluding hydrogens is 271 g/mol. The van der Waals surface area contributed by atoms with Crippen LogP contribution < -0.4 is 10.1 Å². The molecule has 4 nitrogen and oxygen atoms in total. The van der Waals surface area contributed by atoms with E-state index in [-0.39, 0.29) is 11.9 Å². The summed E-state index contributed by atoms with van der Waals surface area (Å²) in [5.74, 6) is -0.263. The molecule has 1 N–H and O–H groups in total. The van der Waals surface area contributed by atoms with Crippen molar-refractivity contribution in [3.63, 3.8) is 0 Å². The van der Waals surface area contributed by atoms with Crippen molar-refractivity contribution in [3.8, 4) is 5.75 Å². The lowest BCUT2D eigenvalue weighted by Crippen LogP contribution is -2.50. The van der Waals surface area contributed by atoms with Gasteiger partial charge in [0.05, 0.1) is 0 Å². The molecule has 0 unspecified atom stereocenters. The summed E-state index contributed by atoms with van der Waals surface area (Å²) in [6.45, 7) is 0.973. The zero-order valence-electron chi connectivity index (χ0n) is 9.07. The monoisotopic (exact) mass is 281 g/mol. The van der Waals surface area contributed by atoms with Gasteiger partial charge in [-0.1, -0.05) is 12.1 Å². The molecule has 1 heterocycles. The smallest absolute Gasteiger partial charge is 0.486 e. The van der Waals surface area contributed by atoms with Crippen LogP contribution in [-0.2, 0) is 9.84 Å². The molecule has 18 heavy (non-hydrogen) atoms. The van der Waals surface area contributed by atoms with E-state index >= 15 is 0 Å². The molecule has 8 heteroatoms. The molecule has 1 aliphatic heterocycles. The van der Waals surface area contributed by atoms with Crippen LogP contribution in [0.3, 0.4) is 0 Å². The van der Waals surface area contributed by atoms with Gasteiger partial charge in [0.2, 0.25) is 0 Å². The summed E-state index contributed by atoms with van der Waals surface area (Å²) in [4.78, 5) is -0.843. The lowest BCUT2D eigenvalue weighted by Gasteiger charge is -2.28. The van der Waals surface area contributed by atoms with E-state index in [1.807, 2.05) is 0 Å². The summed E-state index contributed by atoms with van der Waals surface area (Å²) in [5.41, 5.74) is -5.33. The second-order valence-electron chi connectivity index (χ2n) is 3.79. The normalized spacial score (nSPS) is 17.3. The van der Waals surface area contributed by atoms with Crippen molar-refractivity contribution >= 4 is 9.84 Å². The Morgan fingerprint density at radius 1 is 1.22 bits per heavy atom. The highest BCUT2D eigenvalue weighted by Crippen LogP contribution is 2.35. The molecule has 0 aliphatic carbocycles. The van der Waals surface area contributed by atoms with Crippen molar-refractivity contribution in [1.29, 1.82) is 0 Å². The van der Waals surface area contributed by atoms with E-state index in [0.29, 0.717) is 13.1 Å². The summed E-state index contributed by atoms with van der Waals surface area (Å²) in [6.07, 6.45) is -0.297. The molecule has 0 saturated carbocycles. The molecule has 1 aliphatic rings. The standard InChI is InChI=1S/C10H10F3NO3S/c11-10(12,13)18(15,16)9-4-2-1-3-8(9)17-7-5-14-6-7/h1-4,7,14H,5-6H2. The Labute approximate surface area is 102 Å². The van der Waals surface area contributed by atoms with Crippen LogP contribution in [0.25, 0.3) is 0 Å². The number of sulfone groups is 1. The average molecular weight is 281 g/mol. The molecule has 0 aromatic heterocycles. The number of benzene rings is 1. The second-order valence-corrected chi connectivity index (χ2v) is 5.70. The maximum absolute atomic E-state index is 12.5. The van der Waals surface area contributed by atoms with Crippen molar-refractivity contribution in [1.82, 2.24) is 5.32 Å². The largest absolute Gasteiger partial charge is 0.502 e. The van der Waals surface area contributed by atoms with Crippen molar-refractivity contribution in [3.05, 3.63) is 24.3 Å². The van der Waals surface area contributed by atoms with Crippen LogP contribution in [0.4, 0.5) is 13.2 Å². The number of hydrogen-bond donors (Lipinski definition) is 1. The quantitative estimate of drug-likeness (QED) is 0.908. The van der Waals surface area contributed by atoms with Crippen LogP contribution in [0, 0.1) is 0 Å². The van der Waals surface area contributed by atoms with Crippen LogP contribution in [0.1, 0.15) is 0 Å². The fraction of sp³-hybridized carbons (Fsp3) is 0.400. The molecule has 100 valence electrons. The molecule has 0 spiro atoms. The summed E-state index contributed by atoms with van der Waals surface area (Å²) >= 11 is 0. The number of nitrogens with one attached hydrogen (secondary N) is 1. The van der Waals surface area contributed by atoms with Gasteiger partial charge in [-0.2, -0.15) is 13.2 Å². The van der Waals surface area contributed by atoms with E-state index in [1.165, 1.54) is 18.2 Å². The highest BCUT2D eigenvalue weighted by Gasteiger charge is 2.48. The second kappa shape index (κ2) is 4.43. The van der Waals surface area contributed by atoms with E-state index in [4.69, 9.17) is 4.74 Å². The highest BCUT2D eigenvalue weighted by atomic mass is 32.2. The minimum Gasteiger partial charge on any atom is -0.486 e. The van der Waals surface area contributed by atoms with Crippen LogP contribution in [0.5, 0.6) is 5.75 Å². The van der Waals surface area contributed by atoms with Gasteiger partial charge >= 0.3 is 5.51 Å². The third-order valence-electron chi connectivity index (χ3n) is 2.48. The summed E-state index contributed by atoms with van der Waals surface area (Å²) in [5, 5.41) is 2.87. The van der Waals surface area contributed by atoms with E-state index in [9.17, 15) is 21.6 Å². The minimum absolute atomic E-state index is 0.263. The van der Waals surface area contributed by atoms with Crippen molar-refractivity contribution in [2.24, 2.45) is 0 Å². The predicted octanol–water partition coefficient (Wildman–Crippen LogP) is 1.33. The first-order valence-corrected chi connectivity index (χ1v) is 6.58. The van der Waals surface area contributed by atoms with Gasteiger partial charge < -0.3 is 10.1 Å². The Hall–Kier alpha value is -1.28. The van der Waals surface area contributed by atoms with E-state index in [2.05, 4.69) is 5.32 Å². The zero-order chi connectivity index (χ0) is 13.4. The van der Waals surface area contributed by atoms with Gasteiger partial charge in [0.1, 0.15) is 16.7 Å². The van der Waals surface area contributed by atoms with Gasteiger partial charge in [-0.25, -0.2) is 8.42 Å². The van der Waals surface area contributed by atoms with Gasteiger partial charge in [-0.05, 0) is 12.1 Å². The molecule has 0 atom stereocenters. The Morgan fingerprint density at radius 2 is 1.83 bits per heavy atom. The molecule has 2 rings (SSSR count). The first kappa shape index (κ1) is 13.2. The molecule has 0 bridgehead atoms. The van der Waals surface area contributed by atoms with E-state index < -0.39 is 20.2 Å². The molecule has 1 saturated heterocycles. The Kier molecular flexibility index (Phi) is 3.24. The third-order valence-corrected chi connectivity index (χ3v) is 4.01. The number of hydrogen-bond acceptors (Lipinski definition) is 4. The molecule has 0 amide bonds. The van der Waals surface area contributed by atoms with Crippen LogP contribution in [-0.4, -0.2) is 33.1 Å². The lowest BCUT2D eigenvalue weighted by atomic mass is 10.2. The van der Waals surface area contributed by atoms with Crippen LogP contribution >= 0.6 is 0 Å².